The van der Waals surface area contributed by atoms with E-state index in [1.807, 2.05) is 0 Å². The zero-order valence-electron chi connectivity index (χ0n) is 22.9. The molecule has 3 unspecified atom stereocenters. The normalized spacial score (nSPS) is 22.1. The number of para-hydroxylation sites is 2. The third kappa shape index (κ3) is 7.94. The Balaban J connectivity index is 1.61. The first kappa shape index (κ1) is 30.9. The Morgan fingerprint density at radius 1 is 0.378 bits per heavy atom. The zero-order valence-corrected chi connectivity index (χ0v) is 26.4. The van der Waals surface area contributed by atoms with E-state index in [9.17, 15) is 13.2 Å². The number of benzene rings is 5. The van der Waals surface area contributed by atoms with Crippen LogP contribution in [0, 0.1) is 17.5 Å². The average Bonchev–Trinajstić information content (AvgIpc) is 3.01. The predicted molar refractivity (Wildman–Crippen MR) is 169 cm³/mol. The fourth-order valence-corrected chi connectivity index (χ4v) is 13.9. The van der Waals surface area contributed by atoms with Gasteiger partial charge in [-0.15, -0.1) is 9.03 Å². The molecule has 0 aromatic heterocycles. The lowest BCUT2D eigenvalue weighted by Gasteiger charge is -2.31. The summed E-state index contributed by atoms with van der Waals surface area (Å²) in [4.78, 5) is 0. The van der Waals surface area contributed by atoms with Crippen molar-refractivity contribution in [2.24, 2.45) is 13.5 Å². The van der Waals surface area contributed by atoms with E-state index in [1.54, 1.807) is 60.7 Å². The van der Waals surface area contributed by atoms with Crippen molar-refractivity contribution in [3.8, 4) is 28.7 Å². The molecule has 0 saturated carbocycles. The van der Waals surface area contributed by atoms with E-state index in [-0.39, 0.29) is 17.2 Å². The Morgan fingerprint density at radius 2 is 0.689 bits per heavy atom. The van der Waals surface area contributed by atoms with Gasteiger partial charge in [0.05, 0.1) is 0 Å². The molecule has 0 spiro atoms. The quantitative estimate of drug-likeness (QED) is 0.136. The highest BCUT2D eigenvalue weighted by Crippen LogP contribution is 2.80. The highest BCUT2D eigenvalue weighted by molar-refractivity contribution is 7.94. The van der Waals surface area contributed by atoms with Crippen molar-refractivity contribution in [1.82, 2.24) is 0 Å². The van der Waals surface area contributed by atoms with Crippen molar-refractivity contribution in [2.75, 3.05) is 0 Å². The summed E-state index contributed by atoms with van der Waals surface area (Å²) in [5.41, 5.74) is 0. The van der Waals surface area contributed by atoms with Crippen LogP contribution in [-0.4, -0.2) is 0 Å². The monoisotopic (exact) mass is 689 g/mol. The fraction of sp³-hybridized carbons (Fsp3) is 0. The number of nitrogens with zero attached hydrogens (tertiary/aromatic N) is 3. The minimum absolute atomic E-state index is 0.133. The van der Waals surface area contributed by atoms with Gasteiger partial charge >= 0.3 is 22.1 Å². The van der Waals surface area contributed by atoms with Gasteiger partial charge in [0.1, 0.15) is 46.2 Å². The van der Waals surface area contributed by atoms with Crippen LogP contribution in [0.5, 0.6) is 28.7 Å². The van der Waals surface area contributed by atoms with Crippen LogP contribution in [0.3, 0.4) is 0 Å². The van der Waals surface area contributed by atoms with Gasteiger partial charge in [-0.25, -0.2) is 13.2 Å². The molecule has 3 atom stereocenters. The van der Waals surface area contributed by atoms with E-state index < -0.39 is 39.6 Å². The van der Waals surface area contributed by atoms with Crippen molar-refractivity contribution in [3.05, 3.63) is 151 Å². The predicted octanol–water partition coefficient (Wildman–Crippen LogP) is 11.9. The van der Waals surface area contributed by atoms with E-state index in [4.69, 9.17) is 38.4 Å². The van der Waals surface area contributed by atoms with Crippen LogP contribution in [0.2, 0.25) is 0 Å². The first-order valence-electron chi connectivity index (χ1n) is 13.2. The van der Waals surface area contributed by atoms with E-state index in [0.29, 0.717) is 11.5 Å². The lowest BCUT2D eigenvalue weighted by atomic mass is 10.3. The Bertz CT molecular complexity index is 1860. The second kappa shape index (κ2) is 13.1. The summed E-state index contributed by atoms with van der Waals surface area (Å²) in [7, 11) is -8.09. The molecule has 230 valence electrons. The highest BCUT2D eigenvalue weighted by atomic mass is 35.7. The Hall–Kier alpha value is -4.13. The third-order valence-electron chi connectivity index (χ3n) is 5.72. The molecule has 5 aromatic carbocycles. The molecule has 15 heteroatoms. The molecule has 0 radical (unpaired) electrons. The van der Waals surface area contributed by atoms with Gasteiger partial charge in [0.2, 0.25) is 0 Å². The molecule has 0 amide bonds. The standard InChI is InChI=1S/C30H22ClF3N3O5P3/c31-43(38-28-17-11-23(32)12-18-28)35-44(39-26-7-3-1-4-8-26,41-29-19-13-24(33)14-20-29)37-45(36-43,40-27-9-5-2-6-10-27)42-30-21-15-25(34)16-22-30/h1-22H. The van der Waals surface area contributed by atoms with Gasteiger partial charge in [0.25, 0.3) is 0 Å². The molecule has 0 aliphatic carbocycles. The van der Waals surface area contributed by atoms with E-state index in [2.05, 4.69) is 9.03 Å². The van der Waals surface area contributed by atoms with Gasteiger partial charge in [0.15, 0.2) is 0 Å². The van der Waals surface area contributed by atoms with Crippen LogP contribution in [0.1, 0.15) is 0 Å². The summed E-state index contributed by atoms with van der Waals surface area (Å²) in [6.07, 6.45) is 0. The van der Waals surface area contributed by atoms with Crippen LogP contribution >= 0.6 is 33.3 Å². The van der Waals surface area contributed by atoms with E-state index in [0.717, 1.165) is 0 Å². The Labute approximate surface area is 261 Å². The second-order valence-corrected chi connectivity index (χ2v) is 16.5. The van der Waals surface area contributed by atoms with Crippen molar-refractivity contribution < 1.29 is 35.8 Å². The smallest absolute Gasteiger partial charge is 0.431 e. The molecule has 1 aliphatic heterocycles. The van der Waals surface area contributed by atoms with E-state index >= 15 is 0 Å². The molecule has 1 heterocycles. The largest absolute Gasteiger partial charge is 0.459 e. The van der Waals surface area contributed by atoms with Gasteiger partial charge in [-0.1, -0.05) is 40.9 Å². The van der Waals surface area contributed by atoms with Crippen LogP contribution in [0.4, 0.5) is 13.2 Å². The number of rotatable bonds is 10. The molecule has 0 bridgehead atoms. The SMILES string of the molecule is Fc1ccc(OP2(Cl)=NP(Oc3ccccc3)(Oc3ccc(F)cc3)=NP(Oc3ccccc3)(Oc3ccc(F)cc3)=N2)cc1. The summed E-state index contributed by atoms with van der Waals surface area (Å²) in [6, 6.07) is 32.4. The first-order chi connectivity index (χ1) is 21.7. The van der Waals surface area contributed by atoms with Gasteiger partial charge in [-0.2, -0.15) is 0 Å². The minimum Gasteiger partial charge on any atom is -0.431 e. The average molecular weight is 690 g/mol. The van der Waals surface area contributed by atoms with Crippen molar-refractivity contribution in [2.45, 2.75) is 0 Å². The lowest BCUT2D eigenvalue weighted by Crippen LogP contribution is -2.08. The lowest BCUT2D eigenvalue weighted by molar-refractivity contribution is 0.457. The van der Waals surface area contributed by atoms with Gasteiger partial charge in [-0.3, -0.25) is 0 Å². The van der Waals surface area contributed by atoms with E-state index in [1.165, 1.54) is 72.8 Å². The van der Waals surface area contributed by atoms with Crippen molar-refractivity contribution in [1.29, 1.82) is 0 Å². The highest BCUT2D eigenvalue weighted by Gasteiger charge is 2.46. The topological polar surface area (TPSA) is 83.2 Å². The maximum absolute atomic E-state index is 13.9. The second-order valence-electron chi connectivity index (χ2n) is 9.17. The van der Waals surface area contributed by atoms with Gasteiger partial charge < -0.3 is 22.6 Å². The third-order valence-corrected chi connectivity index (χ3v) is 14.8. The zero-order chi connectivity index (χ0) is 31.3. The van der Waals surface area contributed by atoms with Crippen LogP contribution in [0.25, 0.3) is 0 Å². The molecule has 0 N–H and O–H groups in total. The van der Waals surface area contributed by atoms with Crippen LogP contribution in [0.15, 0.2) is 147 Å². The Kier molecular flexibility index (Phi) is 8.97. The maximum Gasteiger partial charge on any atom is 0.459 e. The summed E-state index contributed by atoms with van der Waals surface area (Å²) in [5, 5.41) is 0. The molecule has 0 fully saturated rings. The van der Waals surface area contributed by atoms with Gasteiger partial charge in [-0.05, 0) is 108 Å². The number of hydrogen-bond acceptors (Lipinski definition) is 8. The molecular formula is C30H22ClF3N3O5P3. The molecule has 1 aliphatic rings. The van der Waals surface area contributed by atoms with Crippen LogP contribution < -0.4 is 22.6 Å². The van der Waals surface area contributed by atoms with Crippen molar-refractivity contribution in [3.63, 3.8) is 0 Å². The van der Waals surface area contributed by atoms with Crippen LogP contribution in [-0.2, 0) is 0 Å². The fourth-order valence-electron chi connectivity index (χ4n) is 3.83. The Morgan fingerprint density at radius 3 is 1.07 bits per heavy atom. The summed E-state index contributed by atoms with van der Waals surface area (Å²) >= 11 is 7.15. The molecule has 6 rings (SSSR count). The minimum atomic E-state index is -4.04. The summed E-state index contributed by atoms with van der Waals surface area (Å²) in [6.45, 7) is -3.95. The molecular weight excluding hydrogens is 668 g/mol. The number of hydrogen-bond donors (Lipinski definition) is 0. The number of halogens is 4. The molecule has 45 heavy (non-hydrogen) atoms. The van der Waals surface area contributed by atoms with Crippen molar-refractivity contribution >= 4 is 33.3 Å². The van der Waals surface area contributed by atoms with Gasteiger partial charge in [0, 0.05) is 0 Å². The summed E-state index contributed by atoms with van der Waals surface area (Å²) < 4.78 is 87.3. The molecule has 5 aromatic rings. The molecule has 0 saturated heterocycles. The first-order valence-corrected chi connectivity index (χ1v) is 18.7. The summed E-state index contributed by atoms with van der Waals surface area (Å²) in [5.74, 6) is -0.496. The molecule has 8 nitrogen and oxygen atoms in total. The maximum atomic E-state index is 13.9.